The number of nitrogens with two attached hydrogens (primary N) is 1. The van der Waals surface area contributed by atoms with E-state index in [-0.39, 0.29) is 6.42 Å². The van der Waals surface area contributed by atoms with Gasteiger partial charge in [-0.1, -0.05) is 0 Å². The third-order valence-electron chi connectivity index (χ3n) is 1.21. The fourth-order valence-electron chi connectivity index (χ4n) is 0.440. The number of rotatable bonds is 3. The van der Waals surface area contributed by atoms with Crippen LogP contribution >= 0.6 is 0 Å². The lowest BCUT2D eigenvalue weighted by Crippen LogP contribution is -2.38. The normalized spacial score (nSPS) is 14.8. The maximum absolute atomic E-state index is 10.2. The standard InChI is InChI=1S/C6H13NO3/c1-6(2,10)4(8)3-5(7)9/h4,8,10H,3H2,1-2H3,(H2,7,9)/t4-/m0/s1. The molecule has 1 amide bonds. The Kier molecular flexibility index (Phi) is 2.80. The molecule has 0 saturated carbocycles. The third kappa shape index (κ3) is 3.42. The zero-order valence-electron chi connectivity index (χ0n) is 6.16. The van der Waals surface area contributed by atoms with Crippen molar-refractivity contribution in [3.05, 3.63) is 0 Å². The quantitative estimate of drug-likeness (QED) is 0.478. The molecule has 1 atom stereocenters. The predicted molar refractivity (Wildman–Crippen MR) is 36.1 cm³/mol. The fourth-order valence-corrected chi connectivity index (χ4v) is 0.440. The molecule has 4 heteroatoms. The van der Waals surface area contributed by atoms with Gasteiger partial charge in [0.2, 0.25) is 5.91 Å². The van der Waals surface area contributed by atoms with Crippen molar-refractivity contribution in [1.29, 1.82) is 0 Å². The summed E-state index contributed by atoms with van der Waals surface area (Å²) in [5.74, 6) is -0.616. The Morgan fingerprint density at radius 1 is 1.70 bits per heavy atom. The van der Waals surface area contributed by atoms with Gasteiger partial charge in [0, 0.05) is 0 Å². The first-order valence-corrected chi connectivity index (χ1v) is 3.03. The van der Waals surface area contributed by atoms with Gasteiger partial charge in [-0.3, -0.25) is 4.79 Å². The van der Waals surface area contributed by atoms with Crippen LogP contribution in [0.2, 0.25) is 0 Å². The first-order valence-electron chi connectivity index (χ1n) is 3.03. The van der Waals surface area contributed by atoms with Gasteiger partial charge in [-0.15, -0.1) is 0 Å². The highest BCUT2D eigenvalue weighted by atomic mass is 16.3. The van der Waals surface area contributed by atoms with Gasteiger partial charge in [-0.05, 0) is 13.8 Å². The van der Waals surface area contributed by atoms with E-state index in [0.717, 1.165) is 0 Å². The van der Waals surface area contributed by atoms with E-state index in [1.165, 1.54) is 13.8 Å². The Balaban J connectivity index is 3.85. The molecule has 0 aromatic carbocycles. The van der Waals surface area contributed by atoms with Crippen LogP contribution < -0.4 is 5.73 Å². The van der Waals surface area contributed by atoms with Crippen LogP contribution in [0.5, 0.6) is 0 Å². The van der Waals surface area contributed by atoms with Crippen LogP contribution in [0.4, 0.5) is 0 Å². The van der Waals surface area contributed by atoms with Crippen LogP contribution in [0.3, 0.4) is 0 Å². The van der Waals surface area contributed by atoms with Crippen molar-refractivity contribution in [3.8, 4) is 0 Å². The van der Waals surface area contributed by atoms with Crippen LogP contribution in [-0.2, 0) is 4.79 Å². The number of primary amides is 1. The first-order chi connectivity index (χ1) is 4.34. The van der Waals surface area contributed by atoms with Crippen molar-refractivity contribution in [1.82, 2.24) is 0 Å². The van der Waals surface area contributed by atoms with Gasteiger partial charge in [0.1, 0.15) is 0 Å². The number of carbonyl (C=O) groups is 1. The lowest BCUT2D eigenvalue weighted by Gasteiger charge is -2.22. The van der Waals surface area contributed by atoms with Crippen molar-refractivity contribution < 1.29 is 15.0 Å². The topological polar surface area (TPSA) is 83.6 Å². The smallest absolute Gasteiger partial charge is 0.220 e. The molecule has 0 aromatic heterocycles. The maximum Gasteiger partial charge on any atom is 0.220 e. The molecule has 60 valence electrons. The molecule has 0 heterocycles. The van der Waals surface area contributed by atoms with E-state index in [2.05, 4.69) is 0 Å². The van der Waals surface area contributed by atoms with Gasteiger partial charge in [-0.2, -0.15) is 0 Å². The van der Waals surface area contributed by atoms with Crippen LogP contribution in [0.1, 0.15) is 20.3 Å². The largest absolute Gasteiger partial charge is 0.390 e. The predicted octanol–water partition coefficient (Wildman–Crippen LogP) is -1.01. The molecule has 4 nitrogen and oxygen atoms in total. The van der Waals surface area contributed by atoms with E-state index in [0.29, 0.717) is 0 Å². The highest BCUT2D eigenvalue weighted by Crippen LogP contribution is 2.10. The summed E-state index contributed by atoms with van der Waals surface area (Å²) in [6, 6.07) is 0. The van der Waals surface area contributed by atoms with Crippen LogP contribution in [0, 0.1) is 0 Å². The molecular formula is C6H13NO3. The van der Waals surface area contributed by atoms with E-state index in [1.54, 1.807) is 0 Å². The lowest BCUT2D eigenvalue weighted by molar-refractivity contribution is -0.124. The van der Waals surface area contributed by atoms with E-state index in [9.17, 15) is 4.79 Å². The van der Waals surface area contributed by atoms with Crippen molar-refractivity contribution in [3.63, 3.8) is 0 Å². The highest BCUT2D eigenvalue weighted by molar-refractivity contribution is 5.74. The minimum Gasteiger partial charge on any atom is -0.390 e. The van der Waals surface area contributed by atoms with Crippen molar-refractivity contribution in [2.75, 3.05) is 0 Å². The first kappa shape index (κ1) is 9.39. The summed E-state index contributed by atoms with van der Waals surface area (Å²) in [6.07, 6.45) is -1.28. The van der Waals surface area contributed by atoms with E-state index in [4.69, 9.17) is 15.9 Å². The van der Waals surface area contributed by atoms with E-state index in [1.807, 2.05) is 0 Å². The second-order valence-electron chi connectivity index (χ2n) is 2.84. The lowest BCUT2D eigenvalue weighted by atomic mass is 9.99. The average molecular weight is 147 g/mol. The van der Waals surface area contributed by atoms with Gasteiger partial charge >= 0.3 is 0 Å². The molecule has 0 bridgehead atoms. The molecule has 0 aliphatic carbocycles. The molecule has 10 heavy (non-hydrogen) atoms. The van der Waals surface area contributed by atoms with Crippen LogP contribution in [0.25, 0.3) is 0 Å². The second kappa shape index (κ2) is 2.98. The Morgan fingerprint density at radius 2 is 2.10 bits per heavy atom. The van der Waals surface area contributed by atoms with Crippen molar-refractivity contribution in [2.24, 2.45) is 5.73 Å². The van der Waals surface area contributed by atoms with Gasteiger partial charge < -0.3 is 15.9 Å². The number of hydrogen-bond donors (Lipinski definition) is 3. The summed E-state index contributed by atoms with van der Waals surface area (Å²) in [5, 5.41) is 18.1. The minimum absolute atomic E-state index is 0.205. The Morgan fingerprint density at radius 3 is 2.20 bits per heavy atom. The molecule has 0 radical (unpaired) electrons. The number of carbonyl (C=O) groups excluding carboxylic acids is 1. The van der Waals surface area contributed by atoms with Gasteiger partial charge in [0.15, 0.2) is 0 Å². The zero-order chi connectivity index (χ0) is 8.36. The molecule has 0 aliphatic heterocycles. The summed E-state index contributed by atoms with van der Waals surface area (Å²) in [4.78, 5) is 10.2. The molecule has 0 fully saturated rings. The summed E-state index contributed by atoms with van der Waals surface area (Å²) in [6.45, 7) is 2.83. The molecular weight excluding hydrogens is 134 g/mol. The summed E-state index contributed by atoms with van der Waals surface area (Å²) < 4.78 is 0. The van der Waals surface area contributed by atoms with Gasteiger partial charge in [0.05, 0.1) is 18.1 Å². The van der Waals surface area contributed by atoms with Gasteiger partial charge in [-0.25, -0.2) is 0 Å². The molecule has 0 aromatic rings. The summed E-state index contributed by atoms with van der Waals surface area (Å²) in [5.41, 5.74) is 3.53. The van der Waals surface area contributed by atoms with Crippen molar-refractivity contribution in [2.45, 2.75) is 32.0 Å². The van der Waals surface area contributed by atoms with Crippen LogP contribution in [0.15, 0.2) is 0 Å². The number of aliphatic hydroxyl groups excluding tert-OH is 1. The van der Waals surface area contributed by atoms with E-state index >= 15 is 0 Å². The average Bonchev–Trinajstić information content (AvgIpc) is 1.60. The summed E-state index contributed by atoms with van der Waals surface area (Å²) in [7, 11) is 0. The van der Waals surface area contributed by atoms with Crippen molar-refractivity contribution >= 4 is 5.91 Å². The monoisotopic (exact) mass is 147 g/mol. The molecule has 0 unspecified atom stereocenters. The maximum atomic E-state index is 10.2. The SMILES string of the molecule is CC(C)(O)[C@@H](O)CC(N)=O. The Labute approximate surface area is 59.7 Å². The third-order valence-corrected chi connectivity index (χ3v) is 1.21. The van der Waals surface area contributed by atoms with Gasteiger partial charge in [0.25, 0.3) is 0 Å². The fraction of sp³-hybridized carbons (Fsp3) is 0.833. The second-order valence-corrected chi connectivity index (χ2v) is 2.84. The summed E-state index contributed by atoms with van der Waals surface area (Å²) >= 11 is 0. The Bertz CT molecular complexity index is 127. The molecule has 4 N–H and O–H groups in total. The van der Waals surface area contributed by atoms with Crippen LogP contribution in [-0.4, -0.2) is 27.8 Å². The highest BCUT2D eigenvalue weighted by Gasteiger charge is 2.25. The molecule has 0 saturated heterocycles. The number of aliphatic hydroxyl groups is 2. The Hall–Kier alpha value is -0.610. The molecule has 0 rings (SSSR count). The zero-order valence-corrected chi connectivity index (χ0v) is 6.16. The number of hydrogen-bond acceptors (Lipinski definition) is 3. The molecule has 0 spiro atoms. The molecule has 0 aliphatic rings. The number of amides is 1. The minimum atomic E-state index is -1.25. The van der Waals surface area contributed by atoms with E-state index < -0.39 is 17.6 Å².